The Labute approximate surface area is 226 Å². The standard InChI is InChI=1S/C29H45NO8/c1-10-28(6,7)26(33)37-22-13-12-20(16-23(22)38-27(34)29(8,9)11-2)15-21(30)25(32)36-19(5)17-35-24(31)14-18(3)4/h12-13,16,18-19,21H,10-11,14-15,17,30H2,1-9H3/t19-,21-/m0/s1. The maximum Gasteiger partial charge on any atom is 0.323 e. The Morgan fingerprint density at radius 2 is 1.39 bits per heavy atom. The van der Waals surface area contributed by atoms with Gasteiger partial charge in [0.05, 0.1) is 10.8 Å². The topological polar surface area (TPSA) is 131 Å². The van der Waals surface area contributed by atoms with Crippen LogP contribution in [0.2, 0.25) is 0 Å². The molecule has 9 heteroatoms. The van der Waals surface area contributed by atoms with Crippen molar-refractivity contribution in [3.05, 3.63) is 23.8 Å². The molecule has 2 N–H and O–H groups in total. The van der Waals surface area contributed by atoms with Crippen LogP contribution in [-0.4, -0.2) is 42.6 Å². The van der Waals surface area contributed by atoms with Gasteiger partial charge in [-0.2, -0.15) is 0 Å². The van der Waals surface area contributed by atoms with Crippen molar-refractivity contribution in [1.82, 2.24) is 0 Å². The minimum atomic E-state index is -1.02. The number of ether oxygens (including phenoxy) is 4. The molecule has 0 aromatic heterocycles. The molecule has 0 saturated heterocycles. The predicted octanol–water partition coefficient (Wildman–Crippen LogP) is 4.76. The Hall–Kier alpha value is -2.94. The molecule has 1 aromatic carbocycles. The van der Waals surface area contributed by atoms with Crippen LogP contribution in [0.4, 0.5) is 0 Å². The van der Waals surface area contributed by atoms with Crippen molar-refractivity contribution >= 4 is 23.9 Å². The highest BCUT2D eigenvalue weighted by molar-refractivity contribution is 5.81. The van der Waals surface area contributed by atoms with Gasteiger partial charge >= 0.3 is 23.9 Å². The summed E-state index contributed by atoms with van der Waals surface area (Å²) in [6, 6.07) is 3.69. The number of carbonyl (C=O) groups is 4. The molecule has 0 aliphatic carbocycles. The van der Waals surface area contributed by atoms with E-state index in [-0.39, 0.29) is 42.8 Å². The monoisotopic (exact) mass is 535 g/mol. The lowest BCUT2D eigenvalue weighted by atomic mass is 9.90. The Bertz CT molecular complexity index is 983. The number of esters is 4. The van der Waals surface area contributed by atoms with Crippen LogP contribution in [0.5, 0.6) is 11.5 Å². The van der Waals surface area contributed by atoms with Gasteiger partial charge in [0.2, 0.25) is 0 Å². The summed E-state index contributed by atoms with van der Waals surface area (Å²) in [5.74, 6) is -1.61. The Morgan fingerprint density at radius 3 is 1.89 bits per heavy atom. The molecule has 0 aliphatic rings. The van der Waals surface area contributed by atoms with Crippen molar-refractivity contribution in [2.24, 2.45) is 22.5 Å². The SMILES string of the molecule is CCC(C)(C)C(=O)Oc1ccc(C[C@H](N)C(=O)O[C@@H](C)COC(=O)CC(C)C)cc1OC(=O)C(C)(C)CC. The highest BCUT2D eigenvalue weighted by Crippen LogP contribution is 2.34. The molecule has 0 fully saturated rings. The van der Waals surface area contributed by atoms with Gasteiger partial charge in [0.25, 0.3) is 0 Å². The molecule has 0 unspecified atom stereocenters. The molecule has 0 amide bonds. The van der Waals surface area contributed by atoms with E-state index in [1.54, 1.807) is 40.7 Å². The molecule has 0 spiro atoms. The van der Waals surface area contributed by atoms with E-state index in [2.05, 4.69) is 0 Å². The summed E-state index contributed by atoms with van der Waals surface area (Å²) in [6.07, 6.45) is 0.805. The van der Waals surface area contributed by atoms with Gasteiger partial charge in [0, 0.05) is 6.42 Å². The normalized spacial score (nSPS) is 13.4. The Morgan fingerprint density at radius 1 is 0.868 bits per heavy atom. The zero-order valence-corrected chi connectivity index (χ0v) is 24.3. The lowest BCUT2D eigenvalue weighted by Crippen LogP contribution is -2.37. The summed E-state index contributed by atoms with van der Waals surface area (Å²) in [7, 11) is 0. The number of rotatable bonds is 14. The number of benzene rings is 1. The predicted molar refractivity (Wildman–Crippen MR) is 144 cm³/mol. The summed E-state index contributed by atoms with van der Waals surface area (Å²) >= 11 is 0. The first kappa shape index (κ1) is 33.1. The summed E-state index contributed by atoms with van der Waals surface area (Å²) < 4.78 is 21.7. The molecule has 0 saturated carbocycles. The second-order valence-corrected chi connectivity index (χ2v) is 11.4. The maximum absolute atomic E-state index is 12.8. The molecule has 0 aliphatic heterocycles. The average molecular weight is 536 g/mol. The van der Waals surface area contributed by atoms with E-state index in [1.165, 1.54) is 12.1 Å². The molecule has 0 radical (unpaired) electrons. The van der Waals surface area contributed by atoms with Crippen LogP contribution < -0.4 is 15.2 Å². The number of nitrogens with two attached hydrogens (primary N) is 1. The molecule has 214 valence electrons. The quantitative estimate of drug-likeness (QED) is 0.264. The number of hydrogen-bond donors (Lipinski definition) is 1. The van der Waals surface area contributed by atoms with Gasteiger partial charge in [-0.05, 0) is 77.5 Å². The molecule has 9 nitrogen and oxygen atoms in total. The number of hydrogen-bond acceptors (Lipinski definition) is 9. The largest absolute Gasteiger partial charge is 0.462 e. The zero-order valence-electron chi connectivity index (χ0n) is 24.3. The Balaban J connectivity index is 3.01. The first-order valence-electron chi connectivity index (χ1n) is 13.2. The highest BCUT2D eigenvalue weighted by atomic mass is 16.6. The molecule has 38 heavy (non-hydrogen) atoms. The fourth-order valence-electron chi connectivity index (χ4n) is 2.87. The van der Waals surface area contributed by atoms with Crippen molar-refractivity contribution in [2.75, 3.05) is 6.61 Å². The van der Waals surface area contributed by atoms with Crippen molar-refractivity contribution in [1.29, 1.82) is 0 Å². The summed E-state index contributed by atoms with van der Waals surface area (Å²) in [5.41, 5.74) is 5.18. The van der Waals surface area contributed by atoms with Crippen LogP contribution in [0, 0.1) is 16.7 Å². The van der Waals surface area contributed by atoms with E-state index in [0.29, 0.717) is 18.4 Å². The number of carbonyl (C=O) groups excluding carboxylic acids is 4. The molecule has 2 atom stereocenters. The van der Waals surface area contributed by atoms with Gasteiger partial charge in [-0.15, -0.1) is 0 Å². The molecule has 1 aromatic rings. The van der Waals surface area contributed by atoms with Gasteiger partial charge in [-0.1, -0.05) is 33.8 Å². The fraction of sp³-hybridized carbons (Fsp3) is 0.655. The van der Waals surface area contributed by atoms with E-state index >= 15 is 0 Å². The third-order valence-corrected chi connectivity index (χ3v) is 6.42. The molecule has 1 rings (SSSR count). The van der Waals surface area contributed by atoms with Gasteiger partial charge < -0.3 is 24.7 Å². The van der Waals surface area contributed by atoms with Crippen LogP contribution in [0.3, 0.4) is 0 Å². The van der Waals surface area contributed by atoms with E-state index < -0.39 is 40.9 Å². The van der Waals surface area contributed by atoms with Crippen molar-refractivity contribution in [2.45, 2.75) is 100 Å². The summed E-state index contributed by atoms with van der Waals surface area (Å²) in [5, 5.41) is 0. The lowest BCUT2D eigenvalue weighted by Gasteiger charge is -2.23. The van der Waals surface area contributed by atoms with E-state index in [1.807, 2.05) is 27.7 Å². The van der Waals surface area contributed by atoms with Crippen LogP contribution >= 0.6 is 0 Å². The van der Waals surface area contributed by atoms with Crippen molar-refractivity contribution in [3.8, 4) is 11.5 Å². The van der Waals surface area contributed by atoms with E-state index in [4.69, 9.17) is 24.7 Å². The smallest absolute Gasteiger partial charge is 0.323 e. The summed E-state index contributed by atoms with van der Waals surface area (Å²) in [6.45, 7) is 16.2. The minimum absolute atomic E-state index is 0.0640. The van der Waals surface area contributed by atoms with Gasteiger partial charge in [-0.3, -0.25) is 19.2 Å². The first-order valence-corrected chi connectivity index (χ1v) is 13.2. The second kappa shape index (κ2) is 14.3. The van der Waals surface area contributed by atoms with Gasteiger partial charge in [0.1, 0.15) is 18.8 Å². The maximum atomic E-state index is 12.8. The molecular formula is C29H45NO8. The van der Waals surface area contributed by atoms with E-state index in [0.717, 1.165) is 0 Å². The minimum Gasteiger partial charge on any atom is -0.462 e. The first-order chi connectivity index (χ1) is 17.5. The second-order valence-electron chi connectivity index (χ2n) is 11.4. The lowest BCUT2D eigenvalue weighted by molar-refractivity contribution is -0.159. The molecule has 0 bridgehead atoms. The Kier molecular flexibility index (Phi) is 12.4. The van der Waals surface area contributed by atoms with Crippen LogP contribution in [0.25, 0.3) is 0 Å². The van der Waals surface area contributed by atoms with E-state index in [9.17, 15) is 19.2 Å². The van der Waals surface area contributed by atoms with Crippen LogP contribution in [-0.2, 0) is 35.1 Å². The summed E-state index contributed by atoms with van der Waals surface area (Å²) in [4.78, 5) is 49.7. The van der Waals surface area contributed by atoms with Crippen LogP contribution in [0.1, 0.15) is 87.1 Å². The third-order valence-electron chi connectivity index (χ3n) is 6.42. The average Bonchev–Trinajstić information content (AvgIpc) is 2.83. The highest BCUT2D eigenvalue weighted by Gasteiger charge is 2.31. The van der Waals surface area contributed by atoms with Gasteiger partial charge in [-0.25, -0.2) is 0 Å². The van der Waals surface area contributed by atoms with Crippen molar-refractivity contribution in [3.63, 3.8) is 0 Å². The van der Waals surface area contributed by atoms with Crippen LogP contribution in [0.15, 0.2) is 18.2 Å². The third kappa shape index (κ3) is 10.4. The van der Waals surface area contributed by atoms with Gasteiger partial charge in [0.15, 0.2) is 11.5 Å². The molecule has 0 heterocycles. The molecular weight excluding hydrogens is 490 g/mol. The fourth-order valence-corrected chi connectivity index (χ4v) is 2.87. The van der Waals surface area contributed by atoms with Crippen molar-refractivity contribution < 1.29 is 38.1 Å². The zero-order chi connectivity index (χ0) is 29.3.